The average Bonchev–Trinajstić information content (AvgIpc) is 3.39. The highest BCUT2D eigenvalue weighted by Crippen LogP contribution is 2.29. The van der Waals surface area contributed by atoms with Gasteiger partial charge in [0, 0.05) is 70.2 Å². The predicted octanol–water partition coefficient (Wildman–Crippen LogP) is 0.620. The maximum absolute atomic E-state index is 13.4. The van der Waals surface area contributed by atoms with E-state index in [0.29, 0.717) is 57.3 Å². The standard InChI is InChI=1S/C36H40N10O8S/c1-55(53,54)24-7-5-22(6-8-24)39-32-30(31(37)48)38-18-28(41-32)45-12-2-3-23(20-45)40-36(52)44-15-13-43(14-16-44)19-21-4-9-25-26(17-21)35(51)46(34(25)50)27-10-11-29(47)42-33(27)49/h4-9,17-18,23,27H,2-3,10-16,19-20H2,1H3,(H2,37,48)(H,39,41)(H,40,52)(H,42,47,49)/t23-,27?/m1/s1. The molecule has 5 N–H and O–H groups in total. The van der Waals surface area contributed by atoms with E-state index in [9.17, 15) is 37.2 Å². The Kier molecular flexibility index (Phi) is 10.2. The molecule has 18 nitrogen and oxygen atoms in total. The minimum atomic E-state index is -3.39. The van der Waals surface area contributed by atoms with Crippen LogP contribution in [0.4, 0.5) is 22.1 Å². The zero-order chi connectivity index (χ0) is 39.0. The number of rotatable bonds is 9. The van der Waals surface area contributed by atoms with E-state index in [1.54, 1.807) is 35.2 Å². The summed E-state index contributed by atoms with van der Waals surface area (Å²) in [6.07, 6.45) is 4.25. The molecule has 3 saturated heterocycles. The summed E-state index contributed by atoms with van der Waals surface area (Å²) in [4.78, 5) is 91.7. The minimum absolute atomic E-state index is 0.0518. The number of hydrogen-bond acceptors (Lipinski definition) is 13. The first-order chi connectivity index (χ1) is 26.2. The molecular weight excluding hydrogens is 733 g/mol. The third kappa shape index (κ3) is 7.97. The molecule has 7 amide bonds. The van der Waals surface area contributed by atoms with Gasteiger partial charge in [0.05, 0.1) is 22.2 Å². The molecular formula is C36H40N10O8S. The largest absolute Gasteiger partial charge is 0.364 e. The number of primary amides is 1. The van der Waals surface area contributed by atoms with Gasteiger partial charge in [-0.2, -0.15) is 0 Å². The third-order valence-corrected chi connectivity index (χ3v) is 11.3. The van der Waals surface area contributed by atoms with Crippen LogP contribution in [0.3, 0.4) is 0 Å². The highest BCUT2D eigenvalue weighted by molar-refractivity contribution is 7.90. The number of urea groups is 1. The number of anilines is 3. The Bertz CT molecular complexity index is 2190. The van der Waals surface area contributed by atoms with Gasteiger partial charge in [0.25, 0.3) is 17.7 Å². The lowest BCUT2D eigenvalue weighted by Gasteiger charge is -2.38. The van der Waals surface area contributed by atoms with Crippen molar-refractivity contribution in [1.29, 1.82) is 0 Å². The Labute approximate surface area is 316 Å². The molecule has 1 unspecified atom stereocenters. The molecule has 4 aliphatic rings. The predicted molar refractivity (Wildman–Crippen MR) is 197 cm³/mol. The van der Waals surface area contributed by atoms with Crippen LogP contribution >= 0.6 is 0 Å². The number of benzene rings is 2. The summed E-state index contributed by atoms with van der Waals surface area (Å²) in [7, 11) is -3.39. The van der Waals surface area contributed by atoms with Gasteiger partial charge in [0.1, 0.15) is 11.9 Å². The molecule has 288 valence electrons. The van der Waals surface area contributed by atoms with E-state index in [1.165, 1.54) is 18.3 Å². The number of piperidine rings is 2. The highest BCUT2D eigenvalue weighted by atomic mass is 32.2. The number of nitrogens with two attached hydrogens (primary N) is 1. The van der Waals surface area contributed by atoms with Crippen LogP contribution in [0.25, 0.3) is 0 Å². The number of nitrogens with one attached hydrogen (secondary N) is 3. The molecule has 0 radical (unpaired) electrons. The molecule has 2 aromatic carbocycles. The number of aromatic nitrogens is 2. The van der Waals surface area contributed by atoms with Crippen molar-refractivity contribution in [3.63, 3.8) is 0 Å². The summed E-state index contributed by atoms with van der Waals surface area (Å²) in [6.45, 7) is 3.74. The zero-order valence-electron chi connectivity index (χ0n) is 30.0. The number of carbonyl (C=O) groups excluding carboxylic acids is 6. The number of sulfone groups is 1. The van der Waals surface area contributed by atoms with Crippen molar-refractivity contribution >= 4 is 62.7 Å². The van der Waals surface area contributed by atoms with Crippen LogP contribution < -0.4 is 26.6 Å². The quantitative estimate of drug-likeness (QED) is 0.219. The van der Waals surface area contributed by atoms with Gasteiger partial charge in [-0.15, -0.1) is 0 Å². The molecule has 19 heteroatoms. The Morgan fingerprint density at radius 1 is 0.945 bits per heavy atom. The molecule has 3 aromatic rings. The van der Waals surface area contributed by atoms with Crippen molar-refractivity contribution in [2.45, 2.75) is 49.2 Å². The second kappa shape index (κ2) is 15.1. The molecule has 5 heterocycles. The van der Waals surface area contributed by atoms with Crippen LogP contribution in [0.15, 0.2) is 53.6 Å². The Morgan fingerprint density at radius 3 is 2.36 bits per heavy atom. The van der Waals surface area contributed by atoms with Crippen molar-refractivity contribution in [3.05, 3.63) is 71.0 Å². The van der Waals surface area contributed by atoms with Gasteiger partial charge in [-0.1, -0.05) is 6.07 Å². The average molecular weight is 773 g/mol. The highest BCUT2D eigenvalue weighted by Gasteiger charge is 2.44. The number of imide groups is 2. The summed E-state index contributed by atoms with van der Waals surface area (Å²) in [5, 5.41) is 8.37. The van der Waals surface area contributed by atoms with Gasteiger partial charge in [0.2, 0.25) is 11.8 Å². The van der Waals surface area contributed by atoms with Crippen molar-refractivity contribution in [1.82, 2.24) is 35.3 Å². The molecule has 4 aliphatic heterocycles. The van der Waals surface area contributed by atoms with Crippen LogP contribution in [-0.2, 0) is 26.0 Å². The Hall–Kier alpha value is -5.95. The number of nitrogens with zero attached hydrogens (tertiary/aromatic N) is 6. The topological polar surface area (TPSA) is 237 Å². The first kappa shape index (κ1) is 37.4. The van der Waals surface area contributed by atoms with E-state index in [1.807, 2.05) is 4.90 Å². The maximum atomic E-state index is 13.4. The summed E-state index contributed by atoms with van der Waals surface area (Å²) >= 11 is 0. The Morgan fingerprint density at radius 2 is 1.67 bits per heavy atom. The van der Waals surface area contributed by atoms with Crippen molar-refractivity contribution < 1.29 is 37.2 Å². The van der Waals surface area contributed by atoms with Crippen LogP contribution in [0.5, 0.6) is 0 Å². The van der Waals surface area contributed by atoms with Crippen molar-refractivity contribution in [2.24, 2.45) is 5.73 Å². The van der Waals surface area contributed by atoms with E-state index in [2.05, 4.69) is 30.8 Å². The van der Waals surface area contributed by atoms with Crippen molar-refractivity contribution in [3.8, 4) is 0 Å². The van der Waals surface area contributed by atoms with Gasteiger partial charge >= 0.3 is 6.03 Å². The van der Waals surface area contributed by atoms with E-state index >= 15 is 0 Å². The van der Waals surface area contributed by atoms with E-state index in [-0.39, 0.29) is 52.4 Å². The molecule has 2 atom stereocenters. The maximum Gasteiger partial charge on any atom is 0.317 e. The number of amides is 7. The second-order valence-electron chi connectivity index (χ2n) is 14.0. The Balaban J connectivity index is 0.925. The minimum Gasteiger partial charge on any atom is -0.364 e. The monoisotopic (exact) mass is 772 g/mol. The molecule has 0 spiro atoms. The summed E-state index contributed by atoms with van der Waals surface area (Å²) < 4.78 is 23.7. The van der Waals surface area contributed by atoms with Crippen LogP contribution in [0.1, 0.15) is 62.5 Å². The van der Waals surface area contributed by atoms with Gasteiger partial charge < -0.3 is 26.2 Å². The van der Waals surface area contributed by atoms with E-state index in [0.717, 1.165) is 29.6 Å². The normalized spacial score (nSPS) is 20.6. The molecule has 55 heavy (non-hydrogen) atoms. The number of piperazine rings is 1. The van der Waals surface area contributed by atoms with Crippen LogP contribution in [0.2, 0.25) is 0 Å². The van der Waals surface area contributed by atoms with Gasteiger partial charge in [-0.05, 0) is 61.2 Å². The van der Waals surface area contributed by atoms with Gasteiger partial charge in [0.15, 0.2) is 21.3 Å². The van der Waals surface area contributed by atoms with Crippen LogP contribution in [-0.4, -0.2) is 126 Å². The summed E-state index contributed by atoms with van der Waals surface area (Å²) in [6, 6.07) is 9.68. The summed E-state index contributed by atoms with van der Waals surface area (Å²) in [5.41, 5.74) is 7.26. The summed E-state index contributed by atoms with van der Waals surface area (Å²) in [5.74, 6) is -2.36. The fourth-order valence-electron chi connectivity index (χ4n) is 7.27. The van der Waals surface area contributed by atoms with E-state index < -0.39 is 45.4 Å². The van der Waals surface area contributed by atoms with Gasteiger partial charge in [-0.3, -0.25) is 39.1 Å². The van der Waals surface area contributed by atoms with Crippen LogP contribution in [0, 0.1) is 0 Å². The third-order valence-electron chi connectivity index (χ3n) is 10.2. The van der Waals surface area contributed by atoms with Crippen molar-refractivity contribution in [2.75, 3.05) is 55.7 Å². The molecule has 3 fully saturated rings. The first-order valence-electron chi connectivity index (χ1n) is 17.9. The lowest BCUT2D eigenvalue weighted by atomic mass is 10.0. The lowest BCUT2D eigenvalue weighted by molar-refractivity contribution is -0.136. The van der Waals surface area contributed by atoms with E-state index in [4.69, 9.17) is 5.73 Å². The second-order valence-corrected chi connectivity index (χ2v) is 16.1. The molecule has 1 aromatic heterocycles. The fraction of sp³-hybridized carbons (Fsp3) is 0.389. The molecule has 7 rings (SSSR count). The number of fused-ring (bicyclic) bond motifs is 1. The molecule has 0 aliphatic carbocycles. The lowest BCUT2D eigenvalue weighted by Crippen LogP contribution is -2.56. The SMILES string of the molecule is CS(=O)(=O)c1ccc(Nc2nc(N3CCC[C@@H](NC(=O)N4CCN(Cc5ccc6c(c5)C(=O)N(C5CCC(=O)NC5=O)C6=O)CC4)C3)cnc2C(N)=O)cc1. The number of carbonyl (C=O) groups is 6. The fourth-order valence-corrected chi connectivity index (χ4v) is 7.91. The molecule has 0 saturated carbocycles. The zero-order valence-corrected chi connectivity index (χ0v) is 30.8. The molecule has 0 bridgehead atoms. The number of hydrogen-bond donors (Lipinski definition) is 4. The first-order valence-corrected chi connectivity index (χ1v) is 19.8. The smallest absolute Gasteiger partial charge is 0.317 e. The van der Waals surface area contributed by atoms with Gasteiger partial charge in [-0.25, -0.2) is 23.2 Å².